The number of rotatable bonds is 6. The van der Waals surface area contributed by atoms with Crippen molar-refractivity contribution >= 4 is 17.5 Å². The highest BCUT2D eigenvalue weighted by molar-refractivity contribution is 5.98. The molecule has 0 aliphatic carbocycles. The van der Waals surface area contributed by atoms with Gasteiger partial charge in [-0.15, -0.1) is 0 Å². The van der Waals surface area contributed by atoms with Crippen molar-refractivity contribution in [1.29, 1.82) is 0 Å². The van der Waals surface area contributed by atoms with E-state index < -0.39 is 12.0 Å². The van der Waals surface area contributed by atoms with Crippen LogP contribution >= 0.6 is 0 Å². The van der Waals surface area contributed by atoms with Crippen molar-refractivity contribution in [3.05, 3.63) is 42.2 Å². The molecular formula is C17H21N5O3. The number of carbonyl (C=O) groups is 2. The third-order valence-corrected chi connectivity index (χ3v) is 3.95. The Bertz CT molecular complexity index is 773. The number of fused-ring (bicyclic) bond motifs is 1. The van der Waals surface area contributed by atoms with Crippen LogP contribution in [-0.4, -0.2) is 47.3 Å². The summed E-state index contributed by atoms with van der Waals surface area (Å²) in [6.45, 7) is 3.53. The van der Waals surface area contributed by atoms with Crippen LogP contribution in [0.25, 0.3) is 0 Å². The lowest BCUT2D eigenvalue weighted by Gasteiger charge is -2.33. The first-order chi connectivity index (χ1) is 12.0. The van der Waals surface area contributed by atoms with Crippen LogP contribution in [0.2, 0.25) is 0 Å². The number of nitrogens with zero attached hydrogens (tertiary/aromatic N) is 3. The van der Waals surface area contributed by atoms with Gasteiger partial charge in [0, 0.05) is 12.7 Å². The maximum atomic E-state index is 12.6. The van der Waals surface area contributed by atoms with E-state index in [1.165, 1.54) is 0 Å². The average Bonchev–Trinajstić information content (AvgIpc) is 3.02. The molecule has 1 aromatic heterocycles. The molecule has 1 aromatic carbocycles. The molecule has 25 heavy (non-hydrogen) atoms. The molecule has 3 rings (SSSR count). The number of hydrogen-bond acceptors (Lipinski definition) is 5. The minimum atomic E-state index is -0.842. The molecular weight excluding hydrogens is 322 g/mol. The Hall–Kier alpha value is -2.87. The molecule has 1 aliphatic heterocycles. The lowest BCUT2D eigenvalue weighted by Crippen LogP contribution is -2.51. The molecule has 0 saturated heterocycles. The molecule has 0 bridgehead atoms. The normalized spacial score (nSPS) is 16.2. The summed E-state index contributed by atoms with van der Waals surface area (Å²) in [6, 6.07) is 7.12. The first-order valence-corrected chi connectivity index (χ1v) is 8.10. The van der Waals surface area contributed by atoms with Gasteiger partial charge in [0.05, 0.1) is 31.5 Å². The molecule has 2 heterocycles. The number of benzene rings is 1. The Labute approximate surface area is 145 Å². The smallest absolute Gasteiger partial charge is 0.260 e. The minimum Gasteiger partial charge on any atom is -0.477 e. The van der Waals surface area contributed by atoms with Gasteiger partial charge in [-0.25, -0.2) is 0 Å². The van der Waals surface area contributed by atoms with Gasteiger partial charge in [0.25, 0.3) is 5.91 Å². The van der Waals surface area contributed by atoms with E-state index in [1.807, 2.05) is 23.9 Å². The average molecular weight is 343 g/mol. The van der Waals surface area contributed by atoms with E-state index in [0.717, 1.165) is 5.56 Å². The Kier molecular flexibility index (Phi) is 4.99. The molecule has 0 saturated carbocycles. The van der Waals surface area contributed by atoms with Crippen molar-refractivity contribution in [2.45, 2.75) is 19.6 Å². The van der Waals surface area contributed by atoms with E-state index in [1.54, 1.807) is 29.3 Å². The number of aryl methyl sites for hydroxylation is 1. The largest absolute Gasteiger partial charge is 0.477 e. The van der Waals surface area contributed by atoms with Gasteiger partial charge in [-0.1, -0.05) is 12.1 Å². The van der Waals surface area contributed by atoms with Gasteiger partial charge < -0.3 is 20.7 Å². The molecule has 1 atom stereocenters. The first kappa shape index (κ1) is 17.0. The fourth-order valence-corrected chi connectivity index (χ4v) is 2.69. The maximum absolute atomic E-state index is 12.6. The number of para-hydroxylation sites is 2. The topological polar surface area (TPSA) is 102 Å². The Morgan fingerprint density at radius 3 is 2.92 bits per heavy atom. The molecule has 2 aromatic rings. The van der Waals surface area contributed by atoms with Crippen LogP contribution in [0.5, 0.6) is 5.75 Å². The minimum absolute atomic E-state index is 0.116. The highest BCUT2D eigenvalue weighted by Crippen LogP contribution is 2.32. The zero-order valence-electron chi connectivity index (χ0n) is 14.0. The van der Waals surface area contributed by atoms with E-state index in [0.29, 0.717) is 24.5 Å². The molecule has 0 radical (unpaired) electrons. The Balaban J connectivity index is 1.59. The fourth-order valence-electron chi connectivity index (χ4n) is 2.69. The number of primary amides is 1. The number of hydrogen-bond donors (Lipinski definition) is 2. The van der Waals surface area contributed by atoms with Gasteiger partial charge in [0.1, 0.15) is 5.75 Å². The van der Waals surface area contributed by atoms with Gasteiger partial charge in [-0.05, 0) is 24.6 Å². The number of carbonyl (C=O) groups excluding carboxylic acids is 2. The summed E-state index contributed by atoms with van der Waals surface area (Å²) in [5.41, 5.74) is 7.09. The molecule has 8 nitrogen and oxygen atoms in total. The first-order valence-electron chi connectivity index (χ1n) is 8.10. The van der Waals surface area contributed by atoms with Crippen LogP contribution in [0.3, 0.4) is 0 Å². The van der Waals surface area contributed by atoms with Gasteiger partial charge >= 0.3 is 0 Å². The van der Waals surface area contributed by atoms with Crippen molar-refractivity contribution in [3.63, 3.8) is 0 Å². The summed E-state index contributed by atoms with van der Waals surface area (Å²) in [5, 5.41) is 7.30. The lowest BCUT2D eigenvalue weighted by molar-refractivity contribution is -0.125. The summed E-state index contributed by atoms with van der Waals surface area (Å²) in [4.78, 5) is 25.6. The molecule has 0 unspecified atom stereocenters. The molecule has 1 aliphatic rings. The maximum Gasteiger partial charge on any atom is 0.260 e. The molecule has 0 fully saturated rings. The van der Waals surface area contributed by atoms with Crippen molar-refractivity contribution < 1.29 is 14.3 Å². The molecule has 0 spiro atoms. The second kappa shape index (κ2) is 7.35. The van der Waals surface area contributed by atoms with Crippen molar-refractivity contribution in [3.8, 4) is 5.75 Å². The zero-order chi connectivity index (χ0) is 17.8. The van der Waals surface area contributed by atoms with Crippen molar-refractivity contribution in [1.82, 2.24) is 15.1 Å². The highest BCUT2D eigenvalue weighted by atomic mass is 16.5. The van der Waals surface area contributed by atoms with Gasteiger partial charge in [-0.2, -0.15) is 5.10 Å². The number of nitrogens with two attached hydrogens (primary N) is 1. The fraction of sp³-hybridized carbons (Fsp3) is 0.353. The number of nitrogens with one attached hydrogen (secondary N) is 1. The van der Waals surface area contributed by atoms with Crippen LogP contribution in [0.4, 0.5) is 5.69 Å². The number of aromatic nitrogens is 2. The summed E-state index contributed by atoms with van der Waals surface area (Å²) in [7, 11) is 0. The monoisotopic (exact) mass is 343 g/mol. The summed E-state index contributed by atoms with van der Waals surface area (Å²) < 4.78 is 7.38. The third kappa shape index (κ3) is 3.97. The Morgan fingerprint density at radius 2 is 2.20 bits per heavy atom. The Morgan fingerprint density at radius 1 is 1.40 bits per heavy atom. The predicted molar refractivity (Wildman–Crippen MR) is 92.2 cm³/mol. The van der Waals surface area contributed by atoms with Gasteiger partial charge in [0.15, 0.2) is 6.10 Å². The highest BCUT2D eigenvalue weighted by Gasteiger charge is 2.32. The van der Waals surface area contributed by atoms with E-state index in [9.17, 15) is 9.59 Å². The number of amides is 2. The van der Waals surface area contributed by atoms with E-state index in [-0.39, 0.29) is 19.0 Å². The second-order valence-corrected chi connectivity index (χ2v) is 5.94. The van der Waals surface area contributed by atoms with Gasteiger partial charge in [-0.3, -0.25) is 14.3 Å². The SMILES string of the molecule is Cc1cnn(CCNCC(=O)N2C[C@H](C(N)=O)Oc3ccccc32)c1. The standard InChI is InChI=1S/C17H21N5O3/c1-12-8-20-21(10-12)7-6-19-9-16(23)22-11-15(17(18)24)25-14-5-3-2-4-13(14)22/h2-5,8,10,15,19H,6-7,9,11H2,1H3,(H2,18,24)/t15-/m1/s1. The van der Waals surface area contributed by atoms with E-state index >= 15 is 0 Å². The second-order valence-electron chi connectivity index (χ2n) is 5.94. The lowest BCUT2D eigenvalue weighted by atomic mass is 10.1. The zero-order valence-corrected chi connectivity index (χ0v) is 14.0. The third-order valence-electron chi connectivity index (χ3n) is 3.95. The number of ether oxygens (including phenoxy) is 1. The molecule has 132 valence electrons. The molecule has 8 heteroatoms. The van der Waals surface area contributed by atoms with Crippen LogP contribution < -0.4 is 20.7 Å². The van der Waals surface area contributed by atoms with Crippen LogP contribution in [0, 0.1) is 6.92 Å². The molecule has 3 N–H and O–H groups in total. The predicted octanol–water partition coefficient (Wildman–Crippen LogP) is 0.0606. The molecule has 2 amide bonds. The quantitative estimate of drug-likeness (QED) is 0.722. The van der Waals surface area contributed by atoms with Crippen LogP contribution in [-0.2, 0) is 16.1 Å². The van der Waals surface area contributed by atoms with Crippen LogP contribution in [0.15, 0.2) is 36.7 Å². The van der Waals surface area contributed by atoms with Crippen LogP contribution in [0.1, 0.15) is 5.56 Å². The summed E-state index contributed by atoms with van der Waals surface area (Å²) in [5.74, 6) is -0.245. The number of anilines is 1. The van der Waals surface area contributed by atoms with Crippen molar-refractivity contribution in [2.75, 3.05) is 24.5 Å². The van der Waals surface area contributed by atoms with E-state index in [4.69, 9.17) is 10.5 Å². The summed E-state index contributed by atoms with van der Waals surface area (Å²) >= 11 is 0. The van der Waals surface area contributed by atoms with Crippen molar-refractivity contribution in [2.24, 2.45) is 5.73 Å². The van der Waals surface area contributed by atoms with E-state index in [2.05, 4.69) is 10.4 Å². The van der Waals surface area contributed by atoms with Gasteiger partial charge in [0.2, 0.25) is 5.91 Å². The summed E-state index contributed by atoms with van der Waals surface area (Å²) in [6.07, 6.45) is 2.89.